The molecule has 0 fully saturated rings. The molecule has 0 aliphatic rings. The van der Waals surface area contributed by atoms with Crippen LogP contribution in [0.4, 0.5) is 0 Å². The fourth-order valence-corrected chi connectivity index (χ4v) is 2.07. The molecule has 0 saturated carbocycles. The third-order valence-electron chi connectivity index (χ3n) is 2.62. The molecule has 2 rings (SSSR count). The molecule has 0 saturated heterocycles. The lowest BCUT2D eigenvalue weighted by Gasteiger charge is -2.09. The summed E-state index contributed by atoms with van der Waals surface area (Å²) in [6, 6.07) is 7.28. The van der Waals surface area contributed by atoms with E-state index in [2.05, 4.69) is 30.2 Å². The van der Waals surface area contributed by atoms with Crippen molar-refractivity contribution in [3.05, 3.63) is 39.6 Å². The summed E-state index contributed by atoms with van der Waals surface area (Å²) in [5, 5.41) is 17.9. The summed E-state index contributed by atoms with van der Waals surface area (Å²) in [4.78, 5) is 0. The number of hydrogen-bond acceptors (Lipinski definition) is 3. The standard InChI is InChI=1S/C13H12Cl2N4/c1-8(2)5-13-12(7-16)17-18-19(13)9-3-4-10(14)11(15)6-9/h3-4,6,8H,5H2,1-2H3. The van der Waals surface area contributed by atoms with E-state index in [0.29, 0.717) is 21.7 Å². The molecule has 0 aliphatic heterocycles. The van der Waals surface area contributed by atoms with Crippen LogP contribution in [0.25, 0.3) is 5.69 Å². The molecule has 98 valence electrons. The molecule has 0 aliphatic carbocycles. The van der Waals surface area contributed by atoms with Crippen molar-refractivity contribution in [1.29, 1.82) is 5.26 Å². The topological polar surface area (TPSA) is 54.5 Å². The van der Waals surface area contributed by atoms with E-state index >= 15 is 0 Å². The second-order valence-electron chi connectivity index (χ2n) is 4.60. The van der Waals surface area contributed by atoms with Crippen LogP contribution in [0.2, 0.25) is 10.0 Å². The van der Waals surface area contributed by atoms with Crippen molar-refractivity contribution in [3.63, 3.8) is 0 Å². The van der Waals surface area contributed by atoms with E-state index in [-0.39, 0.29) is 0 Å². The lowest BCUT2D eigenvalue weighted by Crippen LogP contribution is -2.06. The number of halogens is 2. The molecule has 2 aromatic rings. The van der Waals surface area contributed by atoms with Crippen molar-refractivity contribution < 1.29 is 0 Å². The number of nitrogens with zero attached hydrogens (tertiary/aromatic N) is 4. The number of hydrogen-bond donors (Lipinski definition) is 0. The van der Waals surface area contributed by atoms with Crippen LogP contribution in [-0.4, -0.2) is 15.0 Å². The maximum absolute atomic E-state index is 9.08. The van der Waals surface area contributed by atoms with Crippen molar-refractivity contribution in [3.8, 4) is 11.8 Å². The zero-order valence-corrected chi connectivity index (χ0v) is 12.1. The Labute approximate surface area is 121 Å². The van der Waals surface area contributed by atoms with Gasteiger partial charge in [-0.2, -0.15) is 5.26 Å². The summed E-state index contributed by atoms with van der Waals surface area (Å²) >= 11 is 11.9. The van der Waals surface area contributed by atoms with Crippen molar-refractivity contribution in [1.82, 2.24) is 15.0 Å². The minimum Gasteiger partial charge on any atom is -0.216 e. The Morgan fingerprint density at radius 2 is 2.05 bits per heavy atom. The molecular formula is C13H12Cl2N4. The highest BCUT2D eigenvalue weighted by Crippen LogP contribution is 2.25. The molecule has 6 heteroatoms. The van der Waals surface area contributed by atoms with E-state index in [9.17, 15) is 0 Å². The van der Waals surface area contributed by atoms with Gasteiger partial charge in [-0.15, -0.1) is 5.10 Å². The quantitative estimate of drug-likeness (QED) is 0.868. The molecule has 0 N–H and O–H groups in total. The molecule has 0 amide bonds. The van der Waals surface area contributed by atoms with Gasteiger partial charge in [0.25, 0.3) is 0 Å². The number of benzene rings is 1. The normalized spacial score (nSPS) is 10.7. The summed E-state index contributed by atoms with van der Waals surface area (Å²) in [6.07, 6.45) is 0.718. The minimum absolute atomic E-state index is 0.347. The van der Waals surface area contributed by atoms with Crippen LogP contribution in [0.1, 0.15) is 25.2 Å². The average molecular weight is 295 g/mol. The Morgan fingerprint density at radius 1 is 1.32 bits per heavy atom. The lowest BCUT2D eigenvalue weighted by atomic mass is 10.1. The largest absolute Gasteiger partial charge is 0.216 e. The molecule has 1 aromatic carbocycles. The first kappa shape index (κ1) is 13.9. The van der Waals surface area contributed by atoms with Crippen LogP contribution in [-0.2, 0) is 6.42 Å². The maximum Gasteiger partial charge on any atom is 0.186 e. The molecule has 0 bridgehead atoms. The van der Waals surface area contributed by atoms with Crippen molar-refractivity contribution in [2.75, 3.05) is 0 Å². The highest BCUT2D eigenvalue weighted by Gasteiger charge is 2.15. The zero-order chi connectivity index (χ0) is 14.0. The van der Waals surface area contributed by atoms with Crippen LogP contribution in [0.3, 0.4) is 0 Å². The summed E-state index contributed by atoms with van der Waals surface area (Å²) in [5.74, 6) is 0.395. The Balaban J connectivity index is 2.52. The number of rotatable bonds is 3. The van der Waals surface area contributed by atoms with Crippen molar-refractivity contribution >= 4 is 23.2 Å². The van der Waals surface area contributed by atoms with Crippen LogP contribution < -0.4 is 0 Å². The van der Waals surface area contributed by atoms with Gasteiger partial charge in [0.2, 0.25) is 0 Å². The van der Waals surface area contributed by atoms with Crippen LogP contribution >= 0.6 is 23.2 Å². The first-order chi connectivity index (χ1) is 9.02. The fraction of sp³-hybridized carbons (Fsp3) is 0.308. The minimum atomic E-state index is 0.347. The first-order valence-corrected chi connectivity index (χ1v) is 6.58. The molecule has 1 aromatic heterocycles. The summed E-state index contributed by atoms with van der Waals surface area (Å²) in [7, 11) is 0. The molecule has 0 unspecified atom stereocenters. The fourth-order valence-electron chi connectivity index (χ4n) is 1.78. The van der Waals surface area contributed by atoms with Crippen LogP contribution in [0, 0.1) is 17.2 Å². The van der Waals surface area contributed by atoms with E-state index in [0.717, 1.165) is 17.8 Å². The highest BCUT2D eigenvalue weighted by molar-refractivity contribution is 6.42. The van der Waals surface area contributed by atoms with E-state index in [1.54, 1.807) is 22.9 Å². The lowest BCUT2D eigenvalue weighted by molar-refractivity contribution is 0.613. The smallest absolute Gasteiger partial charge is 0.186 e. The van der Waals surface area contributed by atoms with Crippen molar-refractivity contribution in [2.24, 2.45) is 5.92 Å². The summed E-state index contributed by atoms with van der Waals surface area (Å²) in [5.41, 5.74) is 1.88. The maximum atomic E-state index is 9.08. The van der Waals surface area contributed by atoms with Gasteiger partial charge in [-0.3, -0.25) is 0 Å². The first-order valence-electron chi connectivity index (χ1n) is 5.83. The zero-order valence-electron chi connectivity index (χ0n) is 10.6. The van der Waals surface area contributed by atoms with Gasteiger partial charge in [0.15, 0.2) is 5.69 Å². The second kappa shape index (κ2) is 5.60. The van der Waals surface area contributed by atoms with Gasteiger partial charge >= 0.3 is 0 Å². The Kier molecular flexibility index (Phi) is 4.08. The van der Waals surface area contributed by atoms with Crippen LogP contribution in [0.5, 0.6) is 0 Å². The van der Waals surface area contributed by atoms with Gasteiger partial charge < -0.3 is 0 Å². The van der Waals surface area contributed by atoms with Crippen molar-refractivity contribution in [2.45, 2.75) is 20.3 Å². The number of aromatic nitrogens is 3. The highest BCUT2D eigenvalue weighted by atomic mass is 35.5. The summed E-state index contributed by atoms with van der Waals surface area (Å²) in [6.45, 7) is 4.15. The molecular weight excluding hydrogens is 283 g/mol. The predicted octanol–water partition coefficient (Wildman–Crippen LogP) is 3.64. The number of nitriles is 1. The molecule has 0 radical (unpaired) electrons. The predicted molar refractivity (Wildman–Crippen MR) is 74.6 cm³/mol. The van der Waals surface area contributed by atoms with E-state index in [1.165, 1.54) is 0 Å². The Morgan fingerprint density at radius 3 is 2.63 bits per heavy atom. The molecule has 0 spiro atoms. The van der Waals surface area contributed by atoms with E-state index in [1.807, 2.05) is 0 Å². The molecule has 19 heavy (non-hydrogen) atoms. The Hall–Kier alpha value is -1.57. The molecule has 1 heterocycles. The third kappa shape index (κ3) is 2.89. The van der Waals surface area contributed by atoms with Gasteiger partial charge in [0, 0.05) is 0 Å². The van der Waals surface area contributed by atoms with E-state index in [4.69, 9.17) is 28.5 Å². The van der Waals surface area contributed by atoms with Gasteiger partial charge in [0.05, 0.1) is 21.4 Å². The average Bonchev–Trinajstić information content (AvgIpc) is 2.75. The third-order valence-corrected chi connectivity index (χ3v) is 3.36. The molecule has 4 nitrogen and oxygen atoms in total. The SMILES string of the molecule is CC(C)Cc1c(C#N)nnn1-c1ccc(Cl)c(Cl)c1. The van der Waals surface area contributed by atoms with E-state index < -0.39 is 0 Å². The molecule has 0 atom stereocenters. The monoisotopic (exact) mass is 294 g/mol. The van der Waals surface area contributed by atoms with Gasteiger partial charge in [-0.25, -0.2) is 4.68 Å². The van der Waals surface area contributed by atoms with Gasteiger partial charge in [-0.1, -0.05) is 42.3 Å². The Bertz CT molecular complexity index is 641. The second-order valence-corrected chi connectivity index (χ2v) is 5.42. The van der Waals surface area contributed by atoms with Gasteiger partial charge in [0.1, 0.15) is 6.07 Å². The van der Waals surface area contributed by atoms with Gasteiger partial charge in [-0.05, 0) is 30.5 Å². The summed E-state index contributed by atoms with van der Waals surface area (Å²) < 4.78 is 1.64. The van der Waals surface area contributed by atoms with Crippen LogP contribution in [0.15, 0.2) is 18.2 Å².